The molecule has 8 heteroatoms. The van der Waals surface area contributed by atoms with Crippen molar-refractivity contribution in [2.75, 3.05) is 27.4 Å². The van der Waals surface area contributed by atoms with Gasteiger partial charge in [0.05, 0.1) is 7.11 Å². The van der Waals surface area contributed by atoms with Crippen molar-refractivity contribution in [1.29, 1.82) is 0 Å². The predicted octanol–water partition coefficient (Wildman–Crippen LogP) is 6.96. The van der Waals surface area contributed by atoms with Crippen molar-refractivity contribution in [3.8, 4) is 0 Å². The van der Waals surface area contributed by atoms with E-state index in [4.69, 9.17) is 4.74 Å². The van der Waals surface area contributed by atoms with E-state index in [-0.39, 0.29) is 5.25 Å². The van der Waals surface area contributed by atoms with E-state index in [1.54, 1.807) is 19.1 Å². The fourth-order valence-electron chi connectivity index (χ4n) is 4.00. The third-order valence-corrected chi connectivity index (χ3v) is 7.19. The van der Waals surface area contributed by atoms with Crippen LogP contribution in [0.25, 0.3) is 0 Å². The summed E-state index contributed by atoms with van der Waals surface area (Å²) in [5.74, 6) is 2.09. The number of rotatable bonds is 15. The van der Waals surface area contributed by atoms with E-state index in [1.165, 1.54) is 6.42 Å². The van der Waals surface area contributed by atoms with Gasteiger partial charge in [0.1, 0.15) is 12.5 Å². The molecule has 0 radical (unpaired) electrons. The van der Waals surface area contributed by atoms with Crippen LogP contribution in [0.15, 0.2) is 56.1 Å². The zero-order valence-corrected chi connectivity index (χ0v) is 24.6. The molecule has 0 aromatic carbocycles. The van der Waals surface area contributed by atoms with E-state index in [9.17, 15) is 0 Å². The molecule has 0 bridgehead atoms. The van der Waals surface area contributed by atoms with Gasteiger partial charge < -0.3 is 9.64 Å². The highest BCUT2D eigenvalue weighted by atomic mass is 32.2. The van der Waals surface area contributed by atoms with Gasteiger partial charge in [0.25, 0.3) is 0 Å². The molecule has 0 aromatic rings. The Kier molecular flexibility index (Phi) is 14.4. The molecule has 1 aliphatic carbocycles. The van der Waals surface area contributed by atoms with Gasteiger partial charge in [0, 0.05) is 56.2 Å². The summed E-state index contributed by atoms with van der Waals surface area (Å²) in [5, 5.41) is 8.81. The molecule has 1 rings (SSSR count). The number of hydrogen-bond acceptors (Lipinski definition) is 7. The molecule has 1 saturated carbocycles. The number of methoxy groups -OCH3 is 1. The molecule has 2 unspecified atom stereocenters. The minimum absolute atomic E-state index is 0.283. The first-order chi connectivity index (χ1) is 17.1. The number of hydrogen-bond donors (Lipinski definition) is 0. The van der Waals surface area contributed by atoms with Crippen LogP contribution >= 0.6 is 11.9 Å². The van der Waals surface area contributed by atoms with Gasteiger partial charge in [-0.25, -0.2) is 0 Å². The van der Waals surface area contributed by atoms with Gasteiger partial charge in [-0.15, -0.1) is 5.10 Å². The topological polar surface area (TPSA) is 65.2 Å². The first kappa shape index (κ1) is 31.7. The lowest BCUT2D eigenvalue weighted by Gasteiger charge is -2.34. The second-order valence-electron chi connectivity index (χ2n) is 10.1. The lowest BCUT2D eigenvalue weighted by Crippen LogP contribution is -2.39. The second kappa shape index (κ2) is 16.4. The first-order valence-electron chi connectivity index (χ1n) is 12.9. The molecular formula is C28H48N6OS. The van der Waals surface area contributed by atoms with E-state index in [0.29, 0.717) is 18.0 Å². The fourth-order valence-corrected chi connectivity index (χ4v) is 5.14. The Morgan fingerprint density at radius 3 is 2.58 bits per heavy atom. The first-order valence-corrected chi connectivity index (χ1v) is 13.7. The lowest BCUT2D eigenvalue weighted by molar-refractivity contribution is 0.158. The lowest BCUT2D eigenvalue weighted by atomic mass is 9.90. The minimum Gasteiger partial charge on any atom is -0.482 e. The van der Waals surface area contributed by atoms with E-state index < -0.39 is 0 Å². The Balaban J connectivity index is 3.11. The molecule has 1 fully saturated rings. The maximum absolute atomic E-state index is 5.69. The number of nitrogens with zero attached hydrogens (tertiary/aromatic N) is 6. The molecule has 0 aromatic heterocycles. The summed E-state index contributed by atoms with van der Waals surface area (Å²) in [4.78, 5) is 10.8. The van der Waals surface area contributed by atoms with Gasteiger partial charge in [-0.1, -0.05) is 39.8 Å². The van der Waals surface area contributed by atoms with Crippen molar-refractivity contribution in [1.82, 2.24) is 9.21 Å². The van der Waals surface area contributed by atoms with Crippen LogP contribution in [0.2, 0.25) is 0 Å². The average molecular weight is 517 g/mol. The third kappa shape index (κ3) is 11.6. The van der Waals surface area contributed by atoms with Crippen LogP contribution in [-0.4, -0.2) is 66.8 Å². The summed E-state index contributed by atoms with van der Waals surface area (Å²) >= 11 is 1.76. The third-order valence-electron chi connectivity index (χ3n) is 6.08. The SMILES string of the molecule is C=N/N=C(/C1CCC(C)(C)C1)N(CN(C)/C(=C\C(=C)CC)OC)SC(C)CC=N/C=C(/C)C=NCC. The Morgan fingerprint density at radius 1 is 1.31 bits per heavy atom. The van der Waals surface area contributed by atoms with Gasteiger partial charge in [-0.2, -0.15) is 5.10 Å². The van der Waals surface area contributed by atoms with Gasteiger partial charge in [0.15, 0.2) is 5.88 Å². The van der Waals surface area contributed by atoms with Gasteiger partial charge in [0.2, 0.25) is 0 Å². The number of aliphatic imine (C=N–C) groups is 2. The molecule has 0 heterocycles. The van der Waals surface area contributed by atoms with E-state index in [1.807, 2.05) is 45.6 Å². The van der Waals surface area contributed by atoms with Crippen molar-refractivity contribution in [3.63, 3.8) is 0 Å². The van der Waals surface area contributed by atoms with Crippen molar-refractivity contribution in [3.05, 3.63) is 35.9 Å². The van der Waals surface area contributed by atoms with Crippen molar-refractivity contribution in [2.24, 2.45) is 31.5 Å². The molecular weight excluding hydrogens is 468 g/mol. The van der Waals surface area contributed by atoms with Crippen molar-refractivity contribution in [2.45, 2.75) is 78.9 Å². The zero-order valence-electron chi connectivity index (χ0n) is 23.8. The Bertz CT molecular complexity index is 858. The van der Waals surface area contributed by atoms with Gasteiger partial charge in [-0.3, -0.25) is 14.3 Å². The molecule has 202 valence electrons. The van der Waals surface area contributed by atoms with Crippen LogP contribution in [0.5, 0.6) is 0 Å². The van der Waals surface area contributed by atoms with Gasteiger partial charge in [-0.05, 0) is 68.9 Å². The predicted molar refractivity (Wildman–Crippen MR) is 160 cm³/mol. The monoisotopic (exact) mass is 516 g/mol. The van der Waals surface area contributed by atoms with E-state index >= 15 is 0 Å². The smallest absolute Gasteiger partial charge is 0.190 e. The fraction of sp³-hybridized carbons (Fsp3) is 0.643. The summed E-state index contributed by atoms with van der Waals surface area (Å²) < 4.78 is 7.95. The summed E-state index contributed by atoms with van der Waals surface area (Å²) in [6, 6.07) is 0. The quantitative estimate of drug-likeness (QED) is 0.0449. The molecule has 0 N–H and O–H groups in total. The number of ether oxygens (including phenoxy) is 1. The normalized spacial score (nSPS) is 19.7. The van der Waals surface area contributed by atoms with Crippen LogP contribution in [0.1, 0.15) is 73.6 Å². The maximum Gasteiger partial charge on any atom is 0.190 e. The molecule has 36 heavy (non-hydrogen) atoms. The van der Waals surface area contributed by atoms with Crippen molar-refractivity contribution >= 4 is 36.9 Å². The largest absolute Gasteiger partial charge is 0.482 e. The van der Waals surface area contributed by atoms with Crippen LogP contribution in [0.3, 0.4) is 0 Å². The molecule has 1 aliphatic rings. The molecule has 0 aliphatic heterocycles. The number of amidine groups is 1. The van der Waals surface area contributed by atoms with Crippen LogP contribution in [-0.2, 0) is 4.74 Å². The Morgan fingerprint density at radius 2 is 2.03 bits per heavy atom. The molecule has 0 amide bonds. The molecule has 0 saturated heterocycles. The molecule has 2 atom stereocenters. The van der Waals surface area contributed by atoms with Crippen molar-refractivity contribution < 1.29 is 4.74 Å². The summed E-state index contributed by atoms with van der Waals surface area (Å²) in [5.41, 5.74) is 2.36. The zero-order chi connectivity index (χ0) is 27.1. The minimum atomic E-state index is 0.283. The second-order valence-corrected chi connectivity index (χ2v) is 11.6. The maximum atomic E-state index is 5.69. The highest BCUT2D eigenvalue weighted by molar-refractivity contribution is 7.98. The highest BCUT2D eigenvalue weighted by Gasteiger charge is 2.37. The summed E-state index contributed by atoms with van der Waals surface area (Å²) in [6.45, 7) is 22.2. The molecule has 0 spiro atoms. The van der Waals surface area contributed by atoms with Gasteiger partial charge >= 0.3 is 0 Å². The summed E-state index contributed by atoms with van der Waals surface area (Å²) in [7, 11) is 3.73. The van der Waals surface area contributed by atoms with Crippen LogP contribution in [0.4, 0.5) is 0 Å². The van der Waals surface area contributed by atoms with Crippen LogP contribution in [0, 0.1) is 11.3 Å². The Hall–Kier alpha value is -2.35. The number of allylic oxidation sites excluding steroid dienone is 3. The van der Waals surface area contributed by atoms with E-state index in [0.717, 1.165) is 55.1 Å². The Labute approximate surface area is 224 Å². The average Bonchev–Trinajstić information content (AvgIpc) is 3.20. The highest BCUT2D eigenvalue weighted by Crippen LogP contribution is 2.43. The molecule has 7 nitrogen and oxygen atoms in total. The summed E-state index contributed by atoms with van der Waals surface area (Å²) in [6.07, 6.45) is 12.7. The van der Waals surface area contributed by atoms with Crippen LogP contribution < -0.4 is 0 Å². The van der Waals surface area contributed by atoms with E-state index in [2.05, 4.69) is 70.4 Å². The standard InChI is InChI=1S/C28H48N6OS/c1-11-22(3)17-26(35-10)33(9)21-34(27(32-29-8)25-13-15-28(6,7)18-25)36-24(5)14-16-31-20-23(4)19-30-12-2/h16-17,19-20,24-25H,3,8,11-15,18,21H2,1-2,4-7,9-10H3/b23-20-,26-17+,30-19?,31-16?,32-27-.